The van der Waals surface area contributed by atoms with Gasteiger partial charge in [0, 0.05) is 18.8 Å². The van der Waals surface area contributed by atoms with E-state index >= 15 is 0 Å². The van der Waals surface area contributed by atoms with Crippen LogP contribution < -0.4 is 15.8 Å². The number of nitrogens with one attached hydrogen (secondary N) is 1. The van der Waals surface area contributed by atoms with Gasteiger partial charge < -0.3 is 15.3 Å². The molecule has 0 saturated carbocycles. The molecule has 2 heterocycles. The Labute approximate surface area is 211 Å². The van der Waals surface area contributed by atoms with Crippen molar-refractivity contribution in [2.24, 2.45) is 5.92 Å². The second-order valence-corrected chi connectivity index (χ2v) is 9.92. The average Bonchev–Trinajstić information content (AvgIpc) is 2.88. The monoisotopic (exact) mass is 490 g/mol. The number of aromatic nitrogens is 2. The summed E-state index contributed by atoms with van der Waals surface area (Å²) in [5.74, 6) is -1.27. The molecule has 0 unspecified atom stereocenters. The van der Waals surface area contributed by atoms with E-state index in [4.69, 9.17) is 0 Å². The van der Waals surface area contributed by atoms with Crippen LogP contribution in [0.5, 0.6) is 0 Å². The van der Waals surface area contributed by atoms with Gasteiger partial charge in [-0.3, -0.25) is 19.0 Å². The zero-order valence-corrected chi connectivity index (χ0v) is 20.9. The molecule has 2 atom stereocenters. The van der Waals surface area contributed by atoms with Crippen molar-refractivity contribution in [3.05, 3.63) is 70.8 Å². The van der Waals surface area contributed by atoms with Gasteiger partial charge in [-0.25, -0.2) is 4.98 Å². The fourth-order valence-electron chi connectivity index (χ4n) is 4.88. The van der Waals surface area contributed by atoms with Crippen molar-refractivity contribution in [2.45, 2.75) is 58.0 Å². The highest BCUT2D eigenvalue weighted by Gasteiger charge is 2.28. The lowest BCUT2D eigenvalue weighted by Gasteiger charge is -2.30. The summed E-state index contributed by atoms with van der Waals surface area (Å²) < 4.78 is 1.37. The van der Waals surface area contributed by atoms with Crippen molar-refractivity contribution in [3.63, 3.8) is 0 Å². The molecule has 8 heteroatoms. The Morgan fingerprint density at radius 3 is 2.53 bits per heavy atom. The minimum atomic E-state index is -1.01. The van der Waals surface area contributed by atoms with Crippen LogP contribution in [0.1, 0.15) is 63.6 Å². The number of rotatable bonds is 9. The number of carbonyl (C=O) groups excluding carboxylic acids is 1. The first kappa shape index (κ1) is 25.4. The third-order valence-electron chi connectivity index (χ3n) is 6.71. The van der Waals surface area contributed by atoms with Crippen molar-refractivity contribution in [1.82, 2.24) is 14.9 Å². The molecular formula is C28H34N4O4. The van der Waals surface area contributed by atoms with Gasteiger partial charge in [0.2, 0.25) is 5.91 Å². The van der Waals surface area contributed by atoms with Gasteiger partial charge in [-0.1, -0.05) is 38.1 Å². The molecule has 0 aliphatic carbocycles. The number of hydrogen-bond donors (Lipinski definition) is 2. The SMILES string of the molecule is CC(C)C[C@@H](C(=O)N[C@@H](CC(=O)O)c1cccc(N2CCCCC2)c1)n1cnc2ccccc2c1=O. The predicted octanol–water partition coefficient (Wildman–Crippen LogP) is 4.31. The highest BCUT2D eigenvalue weighted by atomic mass is 16.4. The summed E-state index contributed by atoms with van der Waals surface area (Å²) in [7, 11) is 0. The first-order valence-electron chi connectivity index (χ1n) is 12.7. The van der Waals surface area contributed by atoms with E-state index in [1.807, 2.05) is 44.2 Å². The largest absolute Gasteiger partial charge is 0.481 e. The fourth-order valence-corrected chi connectivity index (χ4v) is 4.88. The number of anilines is 1. The highest BCUT2D eigenvalue weighted by Crippen LogP contribution is 2.27. The van der Waals surface area contributed by atoms with E-state index in [0.29, 0.717) is 17.3 Å². The summed E-state index contributed by atoms with van der Waals surface area (Å²) in [6.45, 7) is 5.90. The van der Waals surface area contributed by atoms with Gasteiger partial charge in [0.1, 0.15) is 6.04 Å². The number of para-hydroxylation sites is 1. The van der Waals surface area contributed by atoms with Crippen molar-refractivity contribution in [1.29, 1.82) is 0 Å². The summed E-state index contributed by atoms with van der Waals surface area (Å²) >= 11 is 0. The first-order chi connectivity index (χ1) is 17.3. The summed E-state index contributed by atoms with van der Waals surface area (Å²) in [4.78, 5) is 45.3. The fraction of sp³-hybridized carbons (Fsp3) is 0.429. The Morgan fingerprint density at radius 1 is 1.06 bits per heavy atom. The Morgan fingerprint density at radius 2 is 1.81 bits per heavy atom. The molecule has 3 aromatic rings. The molecule has 1 aliphatic heterocycles. The van der Waals surface area contributed by atoms with Crippen LogP contribution in [-0.2, 0) is 9.59 Å². The Bertz CT molecular complexity index is 1280. The third-order valence-corrected chi connectivity index (χ3v) is 6.71. The minimum Gasteiger partial charge on any atom is -0.481 e. The van der Waals surface area contributed by atoms with Crippen LogP contribution in [0.3, 0.4) is 0 Å². The molecule has 1 saturated heterocycles. The molecule has 0 radical (unpaired) electrons. The van der Waals surface area contributed by atoms with E-state index < -0.39 is 24.0 Å². The van der Waals surface area contributed by atoms with Crippen molar-refractivity contribution in [2.75, 3.05) is 18.0 Å². The van der Waals surface area contributed by atoms with E-state index in [9.17, 15) is 19.5 Å². The lowest BCUT2D eigenvalue weighted by atomic mass is 9.99. The minimum absolute atomic E-state index is 0.125. The van der Waals surface area contributed by atoms with E-state index in [-0.39, 0.29) is 17.9 Å². The van der Waals surface area contributed by atoms with Gasteiger partial charge in [-0.2, -0.15) is 0 Å². The number of fused-ring (bicyclic) bond motifs is 1. The summed E-state index contributed by atoms with van der Waals surface area (Å²) in [5.41, 5.74) is 2.05. The number of nitrogens with zero attached hydrogens (tertiary/aromatic N) is 3. The smallest absolute Gasteiger partial charge is 0.305 e. The lowest BCUT2D eigenvalue weighted by molar-refractivity contribution is -0.138. The lowest BCUT2D eigenvalue weighted by Crippen LogP contribution is -2.40. The molecule has 190 valence electrons. The summed E-state index contributed by atoms with van der Waals surface area (Å²) in [5, 5.41) is 13.0. The van der Waals surface area contributed by atoms with Gasteiger partial charge in [0.25, 0.3) is 5.56 Å². The average molecular weight is 491 g/mol. The zero-order chi connectivity index (χ0) is 25.7. The van der Waals surface area contributed by atoms with Gasteiger partial charge in [0.15, 0.2) is 0 Å². The molecule has 1 aliphatic rings. The molecule has 2 aromatic carbocycles. The molecular weight excluding hydrogens is 456 g/mol. The molecule has 36 heavy (non-hydrogen) atoms. The topological polar surface area (TPSA) is 105 Å². The van der Waals surface area contributed by atoms with Crippen LogP contribution in [-0.4, -0.2) is 39.6 Å². The van der Waals surface area contributed by atoms with Crippen molar-refractivity contribution >= 4 is 28.5 Å². The first-order valence-corrected chi connectivity index (χ1v) is 12.7. The number of carboxylic acid groups (broad SMARTS) is 1. The second-order valence-electron chi connectivity index (χ2n) is 9.92. The van der Waals surface area contributed by atoms with E-state index in [1.54, 1.807) is 18.2 Å². The third kappa shape index (κ3) is 5.93. The van der Waals surface area contributed by atoms with Gasteiger partial charge in [-0.05, 0) is 61.4 Å². The van der Waals surface area contributed by atoms with Gasteiger partial charge in [-0.15, -0.1) is 0 Å². The van der Waals surface area contributed by atoms with Crippen LogP contribution in [0.4, 0.5) is 5.69 Å². The molecule has 1 aromatic heterocycles. The summed E-state index contributed by atoms with van der Waals surface area (Å²) in [6.07, 6.45) is 5.05. The molecule has 1 amide bonds. The number of hydrogen-bond acceptors (Lipinski definition) is 5. The number of amides is 1. The maximum absolute atomic E-state index is 13.6. The number of aliphatic carboxylic acids is 1. The summed E-state index contributed by atoms with van der Waals surface area (Å²) in [6, 6.07) is 13.3. The number of benzene rings is 2. The molecule has 0 spiro atoms. The Hall–Kier alpha value is -3.68. The second kappa shape index (κ2) is 11.4. The number of piperidine rings is 1. The van der Waals surface area contributed by atoms with E-state index in [1.165, 1.54) is 17.3 Å². The van der Waals surface area contributed by atoms with Crippen LogP contribution >= 0.6 is 0 Å². The van der Waals surface area contributed by atoms with E-state index in [0.717, 1.165) is 37.2 Å². The van der Waals surface area contributed by atoms with Crippen LogP contribution in [0.2, 0.25) is 0 Å². The van der Waals surface area contributed by atoms with Crippen LogP contribution in [0.25, 0.3) is 10.9 Å². The molecule has 1 fully saturated rings. The van der Waals surface area contributed by atoms with Crippen LogP contribution in [0, 0.1) is 5.92 Å². The molecule has 8 nitrogen and oxygen atoms in total. The van der Waals surface area contributed by atoms with E-state index in [2.05, 4.69) is 15.2 Å². The Kier molecular flexibility index (Phi) is 8.03. The quantitative estimate of drug-likeness (QED) is 0.463. The predicted molar refractivity (Wildman–Crippen MR) is 140 cm³/mol. The van der Waals surface area contributed by atoms with Crippen LogP contribution in [0.15, 0.2) is 59.7 Å². The number of carboxylic acids is 1. The molecule has 0 bridgehead atoms. The molecule has 4 rings (SSSR count). The van der Waals surface area contributed by atoms with Gasteiger partial charge >= 0.3 is 5.97 Å². The van der Waals surface area contributed by atoms with Gasteiger partial charge in [0.05, 0.1) is 29.7 Å². The molecule has 2 N–H and O–H groups in total. The maximum Gasteiger partial charge on any atom is 0.305 e. The van der Waals surface area contributed by atoms with Crippen molar-refractivity contribution in [3.8, 4) is 0 Å². The standard InChI is InChI=1S/C28H34N4O4/c1-19(2)15-25(32-18-29-23-12-5-4-11-22(23)28(32)36)27(35)30-24(17-26(33)34)20-9-8-10-21(16-20)31-13-6-3-7-14-31/h4-5,8-12,16,18-19,24-25H,3,6-7,13-15,17H2,1-2H3,(H,30,35)(H,33,34)/t24-,25-/m0/s1. The van der Waals surface area contributed by atoms with Crippen molar-refractivity contribution < 1.29 is 14.7 Å². The maximum atomic E-state index is 13.6. The number of carbonyl (C=O) groups is 2. The highest BCUT2D eigenvalue weighted by molar-refractivity contribution is 5.83. The normalized spacial score (nSPS) is 15.6. The Balaban J connectivity index is 1.65. The zero-order valence-electron chi connectivity index (χ0n) is 20.9.